The summed E-state index contributed by atoms with van der Waals surface area (Å²) in [7, 11) is 0. The lowest BCUT2D eigenvalue weighted by molar-refractivity contribution is -0.127. The van der Waals surface area contributed by atoms with Crippen LogP contribution in [-0.4, -0.2) is 18.0 Å². The lowest BCUT2D eigenvalue weighted by Gasteiger charge is -2.34. The van der Waals surface area contributed by atoms with Gasteiger partial charge in [-0.15, -0.1) is 0 Å². The van der Waals surface area contributed by atoms with Crippen LogP contribution in [-0.2, 0) is 10.2 Å². The van der Waals surface area contributed by atoms with Crippen LogP contribution in [0.15, 0.2) is 30.3 Å². The molecule has 0 heterocycles. The molecule has 19 heavy (non-hydrogen) atoms. The zero-order valence-electron chi connectivity index (χ0n) is 11.9. The largest absolute Gasteiger partial charge is 0.349 e. The molecule has 1 aromatic carbocycles. The van der Waals surface area contributed by atoms with Gasteiger partial charge in [0.1, 0.15) is 0 Å². The number of carbonyl (C=O) groups excluding carboxylic acids is 1. The molecule has 0 unspecified atom stereocenters. The number of carbonyl (C=O) groups is 1. The minimum Gasteiger partial charge on any atom is -0.349 e. The highest BCUT2D eigenvalue weighted by Gasteiger charge is 2.38. The number of hydrogen-bond acceptors (Lipinski definition) is 2. The molecule has 3 heteroatoms. The average Bonchev–Trinajstić information content (AvgIpc) is 2.89. The molecular formula is C16H24N2O. The first-order chi connectivity index (χ1) is 9.00. The summed E-state index contributed by atoms with van der Waals surface area (Å²) in [6.45, 7) is 4.47. The fraction of sp³-hybridized carbons (Fsp3) is 0.562. The highest BCUT2D eigenvalue weighted by atomic mass is 16.2. The van der Waals surface area contributed by atoms with Crippen molar-refractivity contribution in [1.82, 2.24) is 5.32 Å². The predicted molar refractivity (Wildman–Crippen MR) is 77.9 cm³/mol. The quantitative estimate of drug-likeness (QED) is 0.873. The fourth-order valence-electron chi connectivity index (χ4n) is 2.81. The van der Waals surface area contributed by atoms with Gasteiger partial charge in [-0.1, -0.05) is 43.2 Å². The van der Waals surface area contributed by atoms with Crippen molar-refractivity contribution in [3.05, 3.63) is 35.9 Å². The Labute approximate surface area is 115 Å². The highest BCUT2D eigenvalue weighted by molar-refractivity contribution is 5.88. The van der Waals surface area contributed by atoms with Crippen LogP contribution in [0.3, 0.4) is 0 Å². The lowest BCUT2D eigenvalue weighted by atomic mass is 9.82. The van der Waals surface area contributed by atoms with E-state index < -0.39 is 5.41 Å². The number of benzene rings is 1. The van der Waals surface area contributed by atoms with Crippen LogP contribution in [0.2, 0.25) is 0 Å². The van der Waals surface area contributed by atoms with E-state index in [0.29, 0.717) is 6.54 Å². The molecule has 1 amide bonds. The molecule has 2 rings (SSSR count). The van der Waals surface area contributed by atoms with Crippen LogP contribution in [0.5, 0.6) is 0 Å². The molecule has 1 aliphatic rings. The summed E-state index contributed by atoms with van der Waals surface area (Å²) in [5.41, 5.74) is 6.22. The Kier molecular flexibility index (Phi) is 3.95. The van der Waals surface area contributed by atoms with Gasteiger partial charge >= 0.3 is 0 Å². The second-order valence-corrected chi connectivity index (χ2v) is 6.14. The third-order valence-electron chi connectivity index (χ3n) is 4.39. The van der Waals surface area contributed by atoms with Crippen molar-refractivity contribution in [2.75, 3.05) is 6.54 Å². The van der Waals surface area contributed by atoms with Gasteiger partial charge in [0.25, 0.3) is 0 Å². The van der Waals surface area contributed by atoms with E-state index in [1.807, 2.05) is 44.2 Å². The molecule has 104 valence electrons. The lowest BCUT2D eigenvalue weighted by Crippen LogP contribution is -2.56. The molecule has 1 aliphatic carbocycles. The standard InChI is InChI=1S/C16H24N2O/c1-15(2,13-8-4-3-5-9-13)14(19)18-16(12-17)10-6-7-11-16/h3-5,8-9H,6-7,10-12,17H2,1-2H3,(H,18,19). The number of nitrogens with two attached hydrogens (primary N) is 1. The Morgan fingerprint density at radius 2 is 1.84 bits per heavy atom. The molecule has 3 N–H and O–H groups in total. The maximum Gasteiger partial charge on any atom is 0.230 e. The van der Waals surface area contributed by atoms with Gasteiger partial charge in [-0.25, -0.2) is 0 Å². The van der Waals surface area contributed by atoms with E-state index in [-0.39, 0.29) is 11.4 Å². The minimum atomic E-state index is -0.522. The first kappa shape index (κ1) is 14.1. The van der Waals surface area contributed by atoms with Crippen LogP contribution in [0.25, 0.3) is 0 Å². The Morgan fingerprint density at radius 3 is 2.37 bits per heavy atom. The predicted octanol–water partition coefficient (Wildman–Crippen LogP) is 2.35. The molecule has 0 atom stereocenters. The molecule has 3 nitrogen and oxygen atoms in total. The van der Waals surface area contributed by atoms with Crippen LogP contribution < -0.4 is 11.1 Å². The zero-order chi connectivity index (χ0) is 13.9. The van der Waals surface area contributed by atoms with E-state index >= 15 is 0 Å². The summed E-state index contributed by atoms with van der Waals surface area (Å²) in [5.74, 6) is 0.0750. The monoisotopic (exact) mass is 260 g/mol. The van der Waals surface area contributed by atoms with Crippen LogP contribution in [0.1, 0.15) is 45.1 Å². The summed E-state index contributed by atoms with van der Waals surface area (Å²) in [6.07, 6.45) is 4.31. The molecule has 1 aromatic rings. The van der Waals surface area contributed by atoms with Crippen molar-refractivity contribution in [3.8, 4) is 0 Å². The van der Waals surface area contributed by atoms with E-state index in [4.69, 9.17) is 5.73 Å². The normalized spacial score (nSPS) is 18.3. The molecule has 1 fully saturated rings. The van der Waals surface area contributed by atoms with Gasteiger partial charge in [-0.3, -0.25) is 4.79 Å². The second kappa shape index (κ2) is 5.33. The van der Waals surface area contributed by atoms with Gasteiger partial charge in [0, 0.05) is 6.54 Å². The summed E-state index contributed by atoms with van der Waals surface area (Å²) in [6, 6.07) is 9.92. The molecule has 0 aliphatic heterocycles. The molecular weight excluding hydrogens is 236 g/mol. The Hall–Kier alpha value is -1.35. The van der Waals surface area contributed by atoms with Gasteiger partial charge in [0.05, 0.1) is 11.0 Å². The van der Waals surface area contributed by atoms with Crippen LogP contribution in [0.4, 0.5) is 0 Å². The zero-order valence-corrected chi connectivity index (χ0v) is 11.9. The summed E-state index contributed by atoms with van der Waals surface area (Å²) in [5, 5.41) is 3.22. The van der Waals surface area contributed by atoms with Crippen LogP contribution >= 0.6 is 0 Å². The maximum absolute atomic E-state index is 12.6. The first-order valence-electron chi connectivity index (χ1n) is 7.08. The Morgan fingerprint density at radius 1 is 1.26 bits per heavy atom. The number of hydrogen-bond donors (Lipinski definition) is 2. The SMILES string of the molecule is CC(C)(C(=O)NC1(CN)CCCC1)c1ccccc1. The average molecular weight is 260 g/mol. The third-order valence-corrected chi connectivity index (χ3v) is 4.39. The maximum atomic E-state index is 12.6. The van der Waals surface area contributed by atoms with E-state index in [1.165, 1.54) is 0 Å². The smallest absolute Gasteiger partial charge is 0.230 e. The Bertz CT molecular complexity index is 433. The highest BCUT2D eigenvalue weighted by Crippen LogP contribution is 2.31. The van der Waals surface area contributed by atoms with Gasteiger partial charge < -0.3 is 11.1 Å². The van der Waals surface area contributed by atoms with E-state index in [9.17, 15) is 4.79 Å². The summed E-state index contributed by atoms with van der Waals surface area (Å²) < 4.78 is 0. The summed E-state index contributed by atoms with van der Waals surface area (Å²) >= 11 is 0. The third kappa shape index (κ3) is 2.81. The van der Waals surface area contributed by atoms with E-state index in [1.54, 1.807) is 0 Å². The topological polar surface area (TPSA) is 55.1 Å². The van der Waals surface area contributed by atoms with Crippen molar-refractivity contribution in [3.63, 3.8) is 0 Å². The van der Waals surface area contributed by atoms with Gasteiger partial charge in [0.2, 0.25) is 5.91 Å². The first-order valence-corrected chi connectivity index (χ1v) is 7.08. The van der Waals surface area contributed by atoms with E-state index in [0.717, 1.165) is 31.2 Å². The van der Waals surface area contributed by atoms with Gasteiger partial charge in [-0.05, 0) is 32.3 Å². The van der Waals surface area contributed by atoms with Gasteiger partial charge in [0.15, 0.2) is 0 Å². The number of rotatable bonds is 4. The summed E-state index contributed by atoms with van der Waals surface area (Å²) in [4.78, 5) is 12.6. The number of amides is 1. The van der Waals surface area contributed by atoms with Crippen molar-refractivity contribution in [2.45, 2.75) is 50.5 Å². The van der Waals surface area contributed by atoms with Gasteiger partial charge in [-0.2, -0.15) is 0 Å². The van der Waals surface area contributed by atoms with Crippen molar-refractivity contribution >= 4 is 5.91 Å². The Balaban J connectivity index is 2.15. The van der Waals surface area contributed by atoms with Crippen molar-refractivity contribution in [1.29, 1.82) is 0 Å². The van der Waals surface area contributed by atoms with E-state index in [2.05, 4.69) is 5.32 Å². The van der Waals surface area contributed by atoms with Crippen LogP contribution in [0, 0.1) is 0 Å². The molecule has 0 radical (unpaired) electrons. The molecule has 0 aromatic heterocycles. The molecule has 0 spiro atoms. The van der Waals surface area contributed by atoms with Crippen molar-refractivity contribution in [2.24, 2.45) is 5.73 Å². The molecule has 1 saturated carbocycles. The minimum absolute atomic E-state index is 0.0750. The second-order valence-electron chi connectivity index (χ2n) is 6.14. The number of nitrogens with one attached hydrogen (secondary N) is 1. The van der Waals surface area contributed by atoms with Crippen molar-refractivity contribution < 1.29 is 4.79 Å². The fourth-order valence-corrected chi connectivity index (χ4v) is 2.81. The molecule has 0 bridgehead atoms. The molecule has 0 saturated heterocycles.